The minimum atomic E-state index is 0.318. The Morgan fingerprint density at radius 1 is 1.33 bits per heavy atom. The molecule has 0 amide bonds. The Kier molecular flexibility index (Phi) is 4.38. The number of nitrogens with two attached hydrogens (primary N) is 1. The van der Waals surface area contributed by atoms with Crippen molar-refractivity contribution in [3.63, 3.8) is 0 Å². The van der Waals surface area contributed by atoms with Gasteiger partial charge in [0.2, 0.25) is 0 Å². The van der Waals surface area contributed by atoms with Crippen LogP contribution in [0.2, 0.25) is 0 Å². The van der Waals surface area contributed by atoms with Crippen molar-refractivity contribution in [3.05, 3.63) is 29.8 Å². The van der Waals surface area contributed by atoms with Crippen LogP contribution < -0.4 is 11.1 Å². The predicted molar refractivity (Wildman–Crippen MR) is 76.3 cm³/mol. The molecule has 4 nitrogen and oxygen atoms in total. The van der Waals surface area contributed by atoms with Crippen LogP contribution in [-0.2, 0) is 6.54 Å². The second kappa shape index (κ2) is 6.02. The number of nitrogens with zero attached hydrogens (tertiary/aromatic N) is 1. The van der Waals surface area contributed by atoms with E-state index in [-0.39, 0.29) is 0 Å². The van der Waals surface area contributed by atoms with Crippen LogP contribution in [-0.4, -0.2) is 34.3 Å². The Morgan fingerprint density at radius 3 is 2.50 bits per heavy atom. The molecule has 1 aromatic rings. The lowest BCUT2D eigenvalue weighted by atomic mass is 10.0. The van der Waals surface area contributed by atoms with Crippen molar-refractivity contribution in [2.45, 2.75) is 25.4 Å². The molecule has 5 heteroatoms. The summed E-state index contributed by atoms with van der Waals surface area (Å²) in [7, 11) is 0. The van der Waals surface area contributed by atoms with E-state index in [1.807, 2.05) is 12.1 Å². The van der Waals surface area contributed by atoms with Gasteiger partial charge in [-0.2, -0.15) is 0 Å². The molecule has 0 atom stereocenters. The summed E-state index contributed by atoms with van der Waals surface area (Å²) in [5.41, 5.74) is 6.71. The van der Waals surface area contributed by atoms with Gasteiger partial charge in [-0.15, -0.1) is 0 Å². The number of phenols is 1. The number of likely N-dealkylation sites (tertiary alicyclic amines) is 1. The Hall–Kier alpha value is -1.33. The van der Waals surface area contributed by atoms with E-state index in [0.29, 0.717) is 16.9 Å². The SMILES string of the molecule is NC(=S)NC1CCN(Cc2ccc(O)cc2)CC1. The van der Waals surface area contributed by atoms with E-state index < -0.39 is 0 Å². The van der Waals surface area contributed by atoms with Crippen molar-refractivity contribution >= 4 is 17.3 Å². The fraction of sp³-hybridized carbons (Fsp3) is 0.462. The number of thiocarbonyl (C=S) groups is 1. The summed E-state index contributed by atoms with van der Waals surface area (Å²) < 4.78 is 0. The fourth-order valence-electron chi connectivity index (χ4n) is 2.30. The standard InChI is InChI=1S/C13H19N3OS/c14-13(18)15-11-5-7-16(8-6-11)9-10-1-3-12(17)4-2-10/h1-4,11,17H,5-9H2,(H3,14,15,18). The average molecular weight is 265 g/mol. The molecule has 0 spiro atoms. The zero-order valence-corrected chi connectivity index (χ0v) is 11.1. The Balaban J connectivity index is 1.79. The minimum Gasteiger partial charge on any atom is -0.508 e. The molecule has 1 aromatic carbocycles. The zero-order chi connectivity index (χ0) is 13.0. The van der Waals surface area contributed by atoms with E-state index in [1.54, 1.807) is 12.1 Å². The summed E-state index contributed by atoms with van der Waals surface area (Å²) in [6.07, 6.45) is 2.13. The highest BCUT2D eigenvalue weighted by molar-refractivity contribution is 7.80. The van der Waals surface area contributed by atoms with Crippen molar-refractivity contribution in [1.29, 1.82) is 0 Å². The minimum absolute atomic E-state index is 0.318. The summed E-state index contributed by atoms with van der Waals surface area (Å²) in [6, 6.07) is 7.81. The number of hydrogen-bond acceptors (Lipinski definition) is 3. The van der Waals surface area contributed by atoms with Crippen LogP contribution in [0, 0.1) is 0 Å². The van der Waals surface area contributed by atoms with Crippen LogP contribution in [0.15, 0.2) is 24.3 Å². The summed E-state index contributed by atoms with van der Waals surface area (Å²) >= 11 is 4.85. The van der Waals surface area contributed by atoms with Crippen molar-refractivity contribution in [2.24, 2.45) is 5.73 Å². The number of hydrogen-bond donors (Lipinski definition) is 3. The number of aromatic hydroxyl groups is 1. The fourth-order valence-corrected chi connectivity index (χ4v) is 2.46. The first-order valence-electron chi connectivity index (χ1n) is 6.20. The zero-order valence-electron chi connectivity index (χ0n) is 10.3. The van der Waals surface area contributed by atoms with Crippen LogP contribution in [0.25, 0.3) is 0 Å². The predicted octanol–water partition coefficient (Wildman–Crippen LogP) is 1.19. The monoisotopic (exact) mass is 265 g/mol. The normalized spacial score (nSPS) is 17.6. The molecule has 0 aliphatic carbocycles. The molecule has 0 aromatic heterocycles. The molecular formula is C13H19N3OS. The van der Waals surface area contributed by atoms with Gasteiger partial charge in [0.25, 0.3) is 0 Å². The first-order chi connectivity index (χ1) is 8.63. The molecular weight excluding hydrogens is 246 g/mol. The van der Waals surface area contributed by atoms with Crippen molar-refractivity contribution in [2.75, 3.05) is 13.1 Å². The maximum atomic E-state index is 9.24. The smallest absolute Gasteiger partial charge is 0.163 e. The highest BCUT2D eigenvalue weighted by Gasteiger charge is 2.19. The third-order valence-corrected chi connectivity index (χ3v) is 3.39. The van der Waals surface area contributed by atoms with E-state index in [2.05, 4.69) is 10.2 Å². The van der Waals surface area contributed by atoms with Gasteiger partial charge in [-0.3, -0.25) is 4.90 Å². The molecule has 98 valence electrons. The highest BCUT2D eigenvalue weighted by atomic mass is 32.1. The largest absolute Gasteiger partial charge is 0.508 e. The van der Waals surface area contributed by atoms with Gasteiger partial charge in [0.15, 0.2) is 5.11 Å². The first kappa shape index (κ1) is 13.1. The maximum absolute atomic E-state index is 9.24. The molecule has 0 saturated carbocycles. The average Bonchev–Trinajstić information content (AvgIpc) is 2.34. The molecule has 1 saturated heterocycles. The summed E-state index contributed by atoms with van der Waals surface area (Å²) in [4.78, 5) is 2.41. The maximum Gasteiger partial charge on any atom is 0.163 e. The Morgan fingerprint density at radius 2 is 1.94 bits per heavy atom. The van der Waals surface area contributed by atoms with Crippen molar-refractivity contribution < 1.29 is 5.11 Å². The molecule has 4 N–H and O–H groups in total. The number of rotatable bonds is 3. The number of piperidine rings is 1. The van der Waals surface area contributed by atoms with Gasteiger partial charge in [-0.05, 0) is 42.8 Å². The van der Waals surface area contributed by atoms with Crippen LogP contribution in [0.1, 0.15) is 18.4 Å². The second-order valence-electron chi connectivity index (χ2n) is 4.73. The van der Waals surface area contributed by atoms with E-state index in [4.69, 9.17) is 18.0 Å². The molecule has 1 aliphatic rings. The van der Waals surface area contributed by atoms with Crippen molar-refractivity contribution in [3.8, 4) is 5.75 Å². The van der Waals surface area contributed by atoms with E-state index >= 15 is 0 Å². The molecule has 1 fully saturated rings. The number of nitrogens with one attached hydrogen (secondary N) is 1. The Labute approximate surface area is 113 Å². The first-order valence-corrected chi connectivity index (χ1v) is 6.60. The lowest BCUT2D eigenvalue weighted by molar-refractivity contribution is 0.199. The van der Waals surface area contributed by atoms with Crippen LogP contribution in [0.5, 0.6) is 5.75 Å². The van der Waals surface area contributed by atoms with E-state index in [9.17, 15) is 5.11 Å². The summed E-state index contributed by atoms with van der Waals surface area (Å²) in [5.74, 6) is 0.318. The molecule has 2 rings (SSSR count). The van der Waals surface area contributed by atoms with Gasteiger partial charge < -0.3 is 16.2 Å². The number of benzene rings is 1. The second-order valence-corrected chi connectivity index (χ2v) is 5.17. The lowest BCUT2D eigenvalue weighted by Crippen LogP contribution is -2.45. The van der Waals surface area contributed by atoms with Crippen LogP contribution >= 0.6 is 12.2 Å². The van der Waals surface area contributed by atoms with Gasteiger partial charge in [0, 0.05) is 25.7 Å². The van der Waals surface area contributed by atoms with Crippen molar-refractivity contribution in [1.82, 2.24) is 10.2 Å². The third kappa shape index (κ3) is 3.85. The van der Waals surface area contributed by atoms with E-state index in [1.165, 1.54) is 5.56 Å². The quantitative estimate of drug-likeness (QED) is 0.717. The lowest BCUT2D eigenvalue weighted by Gasteiger charge is -2.32. The van der Waals surface area contributed by atoms with Crippen LogP contribution in [0.3, 0.4) is 0 Å². The van der Waals surface area contributed by atoms with Gasteiger partial charge in [0.05, 0.1) is 0 Å². The third-order valence-electron chi connectivity index (χ3n) is 3.28. The summed E-state index contributed by atoms with van der Waals surface area (Å²) in [5, 5.41) is 12.8. The van der Waals surface area contributed by atoms with Gasteiger partial charge >= 0.3 is 0 Å². The van der Waals surface area contributed by atoms with Gasteiger partial charge in [-0.25, -0.2) is 0 Å². The molecule has 18 heavy (non-hydrogen) atoms. The molecule has 1 aliphatic heterocycles. The molecule has 1 heterocycles. The van der Waals surface area contributed by atoms with Crippen LogP contribution in [0.4, 0.5) is 0 Å². The number of phenolic OH excluding ortho intramolecular Hbond substituents is 1. The molecule has 0 bridgehead atoms. The summed E-state index contributed by atoms with van der Waals surface area (Å²) in [6.45, 7) is 3.02. The van der Waals surface area contributed by atoms with Gasteiger partial charge in [0.1, 0.15) is 5.75 Å². The molecule has 0 radical (unpaired) electrons. The van der Waals surface area contributed by atoms with Gasteiger partial charge in [-0.1, -0.05) is 12.1 Å². The van der Waals surface area contributed by atoms with E-state index in [0.717, 1.165) is 32.5 Å². The molecule has 0 unspecified atom stereocenters. The topological polar surface area (TPSA) is 61.5 Å². The Bertz CT molecular complexity index is 399. The highest BCUT2D eigenvalue weighted by Crippen LogP contribution is 2.15.